The first-order chi connectivity index (χ1) is 10.2. The van der Waals surface area contributed by atoms with Crippen LogP contribution in [0.25, 0.3) is 10.8 Å². The summed E-state index contributed by atoms with van der Waals surface area (Å²) in [5, 5.41) is 5.00. The second kappa shape index (κ2) is 5.77. The molecule has 2 aliphatic heterocycles. The van der Waals surface area contributed by atoms with E-state index in [9.17, 15) is 8.42 Å². The molecule has 4 rings (SSSR count). The van der Waals surface area contributed by atoms with Gasteiger partial charge in [-0.25, -0.2) is 8.42 Å². The minimum atomic E-state index is -3.45. The van der Waals surface area contributed by atoms with Crippen LogP contribution >= 0.6 is 12.4 Å². The highest BCUT2D eigenvalue weighted by molar-refractivity contribution is 7.89. The molecule has 2 atom stereocenters. The Kier molecular flexibility index (Phi) is 4.11. The molecule has 0 aliphatic carbocycles. The van der Waals surface area contributed by atoms with Gasteiger partial charge in [0.25, 0.3) is 0 Å². The van der Waals surface area contributed by atoms with Gasteiger partial charge in [0.15, 0.2) is 0 Å². The van der Waals surface area contributed by atoms with Crippen molar-refractivity contribution in [3.8, 4) is 0 Å². The van der Waals surface area contributed by atoms with E-state index >= 15 is 0 Å². The molecule has 1 N–H and O–H groups in total. The van der Waals surface area contributed by atoms with Crippen LogP contribution in [0.4, 0.5) is 0 Å². The van der Waals surface area contributed by atoms with Gasteiger partial charge in [0, 0.05) is 41.8 Å². The molecule has 2 fully saturated rings. The zero-order valence-corrected chi connectivity index (χ0v) is 13.6. The first-order valence-electron chi connectivity index (χ1n) is 7.26. The molecular formula is C15H18ClN3O2S. The van der Waals surface area contributed by atoms with Gasteiger partial charge in [-0.3, -0.25) is 4.98 Å². The standard InChI is InChI=1S/C15H17N3O2S.ClH/c19-21(20,18-9-6-13-14(18)5-8-17-13)15-3-1-2-11-10-16-7-4-12(11)15;/h1-4,7,10,13-14,17H,5-6,8-9H2;1H. The van der Waals surface area contributed by atoms with Crippen molar-refractivity contribution >= 4 is 33.2 Å². The van der Waals surface area contributed by atoms with E-state index in [0.29, 0.717) is 17.5 Å². The van der Waals surface area contributed by atoms with Gasteiger partial charge in [-0.15, -0.1) is 12.4 Å². The number of rotatable bonds is 2. The SMILES string of the molecule is Cl.O=S(=O)(c1cccc2cnccc12)N1CCC2NCCC21. The van der Waals surface area contributed by atoms with Crippen molar-refractivity contribution in [1.29, 1.82) is 0 Å². The van der Waals surface area contributed by atoms with Crippen LogP contribution in [-0.4, -0.2) is 42.9 Å². The third-order valence-electron chi connectivity index (χ3n) is 4.57. The van der Waals surface area contributed by atoms with Crippen LogP contribution in [-0.2, 0) is 10.0 Å². The van der Waals surface area contributed by atoms with Crippen molar-refractivity contribution in [2.45, 2.75) is 29.8 Å². The number of hydrogen-bond donors (Lipinski definition) is 1. The molecule has 2 unspecified atom stereocenters. The largest absolute Gasteiger partial charge is 0.312 e. The van der Waals surface area contributed by atoms with Crippen LogP contribution in [0.5, 0.6) is 0 Å². The highest BCUT2D eigenvalue weighted by Gasteiger charge is 2.44. The summed E-state index contributed by atoms with van der Waals surface area (Å²) < 4.78 is 27.8. The van der Waals surface area contributed by atoms with Crippen LogP contribution in [0.2, 0.25) is 0 Å². The van der Waals surface area contributed by atoms with E-state index in [4.69, 9.17) is 0 Å². The van der Waals surface area contributed by atoms with Crippen molar-refractivity contribution < 1.29 is 8.42 Å². The van der Waals surface area contributed by atoms with Crippen molar-refractivity contribution in [1.82, 2.24) is 14.6 Å². The first-order valence-corrected chi connectivity index (χ1v) is 8.70. The molecule has 2 aromatic rings. The lowest BCUT2D eigenvalue weighted by atomic mass is 10.1. The molecule has 0 saturated carbocycles. The summed E-state index contributed by atoms with van der Waals surface area (Å²) in [5.74, 6) is 0. The van der Waals surface area contributed by atoms with Gasteiger partial charge in [-0.05, 0) is 31.5 Å². The summed E-state index contributed by atoms with van der Waals surface area (Å²) in [7, 11) is -3.45. The number of fused-ring (bicyclic) bond motifs is 2. The Balaban J connectivity index is 0.00000144. The average molecular weight is 340 g/mol. The highest BCUT2D eigenvalue weighted by Crippen LogP contribution is 2.33. The molecule has 5 nitrogen and oxygen atoms in total. The Labute approximate surface area is 136 Å². The summed E-state index contributed by atoms with van der Waals surface area (Å²) in [6, 6.07) is 7.59. The zero-order valence-electron chi connectivity index (χ0n) is 12.0. The molecular weight excluding hydrogens is 322 g/mol. The van der Waals surface area contributed by atoms with Crippen LogP contribution in [0.1, 0.15) is 12.8 Å². The lowest BCUT2D eigenvalue weighted by molar-refractivity contribution is 0.386. The Morgan fingerprint density at radius 1 is 1.23 bits per heavy atom. The predicted octanol–water partition coefficient (Wildman–Crippen LogP) is 1.78. The van der Waals surface area contributed by atoms with Crippen molar-refractivity contribution in [3.63, 3.8) is 0 Å². The topological polar surface area (TPSA) is 62.3 Å². The van der Waals surface area contributed by atoms with E-state index in [1.54, 1.807) is 34.9 Å². The van der Waals surface area contributed by atoms with Crippen molar-refractivity contribution in [2.24, 2.45) is 0 Å². The van der Waals surface area contributed by atoms with Gasteiger partial charge in [0.05, 0.1) is 4.90 Å². The molecule has 0 spiro atoms. The maximum atomic E-state index is 13.1. The summed E-state index contributed by atoms with van der Waals surface area (Å²) in [5.41, 5.74) is 0. The number of nitrogens with zero attached hydrogens (tertiary/aromatic N) is 2. The number of nitrogens with one attached hydrogen (secondary N) is 1. The second-order valence-electron chi connectivity index (χ2n) is 5.67. The Bertz CT molecular complexity index is 791. The van der Waals surface area contributed by atoms with Gasteiger partial charge in [-0.2, -0.15) is 4.31 Å². The van der Waals surface area contributed by atoms with Crippen molar-refractivity contribution in [3.05, 3.63) is 36.7 Å². The first kappa shape index (κ1) is 15.7. The monoisotopic (exact) mass is 339 g/mol. The van der Waals surface area contributed by atoms with E-state index in [1.807, 2.05) is 6.07 Å². The fourth-order valence-corrected chi connectivity index (χ4v) is 5.49. The number of halogens is 1. The van der Waals surface area contributed by atoms with Gasteiger partial charge < -0.3 is 5.32 Å². The zero-order chi connectivity index (χ0) is 14.4. The van der Waals surface area contributed by atoms with E-state index in [1.165, 1.54) is 0 Å². The second-order valence-corrected chi connectivity index (χ2v) is 7.53. The van der Waals surface area contributed by atoms with E-state index < -0.39 is 10.0 Å². The normalized spacial score (nSPS) is 25.1. The fraction of sp³-hybridized carbons (Fsp3) is 0.400. The molecule has 1 aromatic carbocycles. The van der Waals surface area contributed by atoms with Crippen molar-refractivity contribution in [2.75, 3.05) is 13.1 Å². The highest BCUT2D eigenvalue weighted by atomic mass is 35.5. The molecule has 22 heavy (non-hydrogen) atoms. The van der Waals surface area contributed by atoms with Crippen LogP contribution in [0, 0.1) is 0 Å². The average Bonchev–Trinajstić information content (AvgIpc) is 3.09. The van der Waals surface area contributed by atoms with E-state index in [0.717, 1.165) is 30.2 Å². The molecule has 0 radical (unpaired) electrons. The minimum absolute atomic E-state index is 0. The molecule has 118 valence electrons. The van der Waals surface area contributed by atoms with E-state index in [2.05, 4.69) is 10.3 Å². The summed E-state index contributed by atoms with van der Waals surface area (Å²) >= 11 is 0. The third kappa shape index (κ3) is 2.31. The maximum absolute atomic E-state index is 13.1. The quantitative estimate of drug-likeness (QED) is 0.906. The van der Waals surface area contributed by atoms with Gasteiger partial charge in [0.2, 0.25) is 10.0 Å². The Hall–Kier alpha value is -1.21. The Morgan fingerprint density at radius 2 is 2.09 bits per heavy atom. The molecule has 0 amide bonds. The minimum Gasteiger partial charge on any atom is -0.312 e. The molecule has 2 aliphatic rings. The van der Waals surface area contributed by atoms with Gasteiger partial charge in [0.1, 0.15) is 0 Å². The van der Waals surface area contributed by atoms with Gasteiger partial charge in [-0.1, -0.05) is 12.1 Å². The predicted molar refractivity (Wildman–Crippen MR) is 87.7 cm³/mol. The molecule has 1 aromatic heterocycles. The molecule has 2 saturated heterocycles. The van der Waals surface area contributed by atoms with Crippen LogP contribution < -0.4 is 5.32 Å². The van der Waals surface area contributed by atoms with E-state index in [-0.39, 0.29) is 18.4 Å². The Morgan fingerprint density at radius 3 is 2.95 bits per heavy atom. The summed E-state index contributed by atoms with van der Waals surface area (Å²) in [4.78, 5) is 4.47. The number of benzene rings is 1. The maximum Gasteiger partial charge on any atom is 0.243 e. The lowest BCUT2D eigenvalue weighted by Crippen LogP contribution is -2.38. The van der Waals surface area contributed by atoms with Gasteiger partial charge >= 0.3 is 0 Å². The fourth-order valence-electron chi connectivity index (χ4n) is 3.57. The summed E-state index contributed by atoms with van der Waals surface area (Å²) in [6.07, 6.45) is 5.15. The summed E-state index contributed by atoms with van der Waals surface area (Å²) in [6.45, 7) is 1.51. The lowest BCUT2D eigenvalue weighted by Gasteiger charge is -2.23. The third-order valence-corrected chi connectivity index (χ3v) is 6.55. The van der Waals surface area contributed by atoms with Crippen LogP contribution in [0.15, 0.2) is 41.6 Å². The smallest absolute Gasteiger partial charge is 0.243 e. The number of hydrogen-bond acceptors (Lipinski definition) is 4. The molecule has 0 bridgehead atoms. The number of sulfonamides is 1. The number of aromatic nitrogens is 1. The van der Waals surface area contributed by atoms with Crippen LogP contribution in [0.3, 0.4) is 0 Å². The number of pyridine rings is 1. The molecule has 7 heteroatoms. The molecule has 3 heterocycles.